The lowest BCUT2D eigenvalue weighted by molar-refractivity contribution is 0.0473. The van der Waals surface area contributed by atoms with Crippen LogP contribution >= 0.6 is 11.3 Å². The maximum atomic E-state index is 5.84. The van der Waals surface area contributed by atoms with Gasteiger partial charge in [-0.2, -0.15) is 0 Å². The van der Waals surface area contributed by atoms with Gasteiger partial charge >= 0.3 is 0 Å². The molecule has 1 aromatic rings. The van der Waals surface area contributed by atoms with E-state index in [9.17, 15) is 0 Å². The Hall–Kier alpha value is -0.820. The molecule has 1 aliphatic carbocycles. The Labute approximate surface area is 101 Å². The predicted octanol–water partition coefficient (Wildman–Crippen LogP) is 2.52. The van der Waals surface area contributed by atoms with Crippen molar-refractivity contribution in [1.29, 1.82) is 0 Å². The van der Waals surface area contributed by atoms with Crippen LogP contribution in [-0.4, -0.2) is 12.6 Å². The van der Waals surface area contributed by atoms with Crippen molar-refractivity contribution in [2.45, 2.75) is 38.4 Å². The van der Waals surface area contributed by atoms with E-state index in [2.05, 4.69) is 17.9 Å². The van der Waals surface area contributed by atoms with Crippen LogP contribution in [0.2, 0.25) is 0 Å². The van der Waals surface area contributed by atoms with E-state index in [0.717, 1.165) is 11.5 Å². The van der Waals surface area contributed by atoms with Gasteiger partial charge in [-0.15, -0.1) is 11.3 Å². The molecule has 0 aromatic carbocycles. The molecule has 1 fully saturated rings. The summed E-state index contributed by atoms with van der Waals surface area (Å²) < 4.78 is 5.84. The zero-order valence-electron chi connectivity index (χ0n) is 9.37. The SMILES string of the molecule is NCC#Cc1ccc(COC2CCCC2)s1. The molecular weight excluding hydrogens is 218 g/mol. The third-order valence-corrected chi connectivity index (χ3v) is 3.71. The largest absolute Gasteiger partial charge is 0.373 e. The van der Waals surface area contributed by atoms with Crippen molar-refractivity contribution in [1.82, 2.24) is 0 Å². The Kier molecular flexibility index (Phi) is 4.41. The Morgan fingerprint density at radius 1 is 1.38 bits per heavy atom. The van der Waals surface area contributed by atoms with Crippen molar-refractivity contribution in [2.24, 2.45) is 5.73 Å². The van der Waals surface area contributed by atoms with E-state index < -0.39 is 0 Å². The second-order valence-electron chi connectivity index (χ2n) is 3.99. The number of hydrogen-bond donors (Lipinski definition) is 1. The normalized spacial score (nSPS) is 16.1. The van der Waals surface area contributed by atoms with Gasteiger partial charge in [0.1, 0.15) is 0 Å². The maximum absolute atomic E-state index is 5.84. The molecule has 0 aliphatic heterocycles. The summed E-state index contributed by atoms with van der Waals surface area (Å²) in [4.78, 5) is 2.34. The summed E-state index contributed by atoms with van der Waals surface area (Å²) in [5.74, 6) is 5.90. The van der Waals surface area contributed by atoms with E-state index in [0.29, 0.717) is 12.6 Å². The van der Waals surface area contributed by atoms with Crippen molar-refractivity contribution in [3.05, 3.63) is 21.9 Å². The van der Waals surface area contributed by atoms with Crippen LogP contribution in [0.15, 0.2) is 12.1 Å². The number of rotatable bonds is 3. The molecule has 16 heavy (non-hydrogen) atoms. The molecule has 1 aromatic heterocycles. The van der Waals surface area contributed by atoms with Gasteiger partial charge in [0.15, 0.2) is 0 Å². The van der Waals surface area contributed by atoms with E-state index in [1.807, 2.05) is 6.07 Å². The fourth-order valence-corrected chi connectivity index (χ4v) is 2.72. The van der Waals surface area contributed by atoms with Crippen LogP contribution in [0.1, 0.15) is 35.4 Å². The molecule has 2 nitrogen and oxygen atoms in total. The van der Waals surface area contributed by atoms with Crippen LogP contribution < -0.4 is 5.73 Å². The average molecular weight is 235 g/mol. The van der Waals surface area contributed by atoms with Gasteiger partial charge < -0.3 is 10.5 Å². The second-order valence-corrected chi connectivity index (χ2v) is 5.16. The number of ether oxygens (including phenoxy) is 1. The highest BCUT2D eigenvalue weighted by Crippen LogP contribution is 2.23. The second kappa shape index (κ2) is 6.05. The molecule has 1 heterocycles. The quantitative estimate of drug-likeness (QED) is 0.817. The molecule has 0 bridgehead atoms. The summed E-state index contributed by atoms with van der Waals surface area (Å²) >= 11 is 1.70. The first kappa shape index (κ1) is 11.7. The van der Waals surface area contributed by atoms with Gasteiger partial charge in [-0.25, -0.2) is 0 Å². The maximum Gasteiger partial charge on any atom is 0.0813 e. The van der Waals surface area contributed by atoms with Crippen molar-refractivity contribution >= 4 is 11.3 Å². The van der Waals surface area contributed by atoms with E-state index >= 15 is 0 Å². The lowest BCUT2D eigenvalue weighted by Crippen LogP contribution is -2.06. The highest BCUT2D eigenvalue weighted by Gasteiger charge is 2.15. The van der Waals surface area contributed by atoms with Gasteiger partial charge in [-0.1, -0.05) is 24.7 Å². The van der Waals surface area contributed by atoms with Gasteiger partial charge in [0.2, 0.25) is 0 Å². The highest BCUT2D eigenvalue weighted by molar-refractivity contribution is 7.12. The standard InChI is InChI=1S/C13H17NOS/c14-9-3-6-12-7-8-13(16-12)10-15-11-4-1-2-5-11/h7-8,11H,1-2,4-5,9-10,14H2. The molecule has 0 atom stereocenters. The zero-order valence-corrected chi connectivity index (χ0v) is 10.2. The van der Waals surface area contributed by atoms with E-state index in [1.165, 1.54) is 30.6 Å². The molecule has 0 saturated heterocycles. The van der Waals surface area contributed by atoms with E-state index in [4.69, 9.17) is 10.5 Å². The zero-order chi connectivity index (χ0) is 11.2. The topological polar surface area (TPSA) is 35.2 Å². The minimum absolute atomic E-state index is 0.422. The van der Waals surface area contributed by atoms with Crippen LogP contribution in [-0.2, 0) is 11.3 Å². The van der Waals surface area contributed by atoms with Crippen molar-refractivity contribution in [3.63, 3.8) is 0 Å². The van der Waals surface area contributed by atoms with Crippen LogP contribution in [0.5, 0.6) is 0 Å². The molecule has 0 unspecified atom stereocenters. The minimum atomic E-state index is 0.422. The Balaban J connectivity index is 1.82. The Morgan fingerprint density at radius 2 is 2.19 bits per heavy atom. The van der Waals surface area contributed by atoms with E-state index in [-0.39, 0.29) is 0 Å². The monoisotopic (exact) mass is 235 g/mol. The van der Waals surface area contributed by atoms with Crippen LogP contribution in [0.4, 0.5) is 0 Å². The summed E-state index contributed by atoms with van der Waals surface area (Å²) in [7, 11) is 0. The molecule has 1 aliphatic rings. The molecule has 1 saturated carbocycles. The summed E-state index contributed by atoms with van der Waals surface area (Å²) in [6.45, 7) is 1.16. The number of thiophene rings is 1. The van der Waals surface area contributed by atoms with Gasteiger partial charge in [0.25, 0.3) is 0 Å². The first-order valence-corrected chi connectivity index (χ1v) is 6.59. The third kappa shape index (κ3) is 3.34. The van der Waals surface area contributed by atoms with Crippen molar-refractivity contribution in [3.8, 4) is 11.8 Å². The number of hydrogen-bond acceptors (Lipinski definition) is 3. The van der Waals surface area contributed by atoms with E-state index in [1.54, 1.807) is 11.3 Å². The molecule has 0 spiro atoms. The van der Waals surface area contributed by atoms with Gasteiger partial charge in [0.05, 0.1) is 24.1 Å². The summed E-state index contributed by atoms with van der Waals surface area (Å²) in [5.41, 5.74) is 5.33. The van der Waals surface area contributed by atoms with Gasteiger partial charge in [0, 0.05) is 4.88 Å². The van der Waals surface area contributed by atoms with Gasteiger partial charge in [-0.05, 0) is 25.0 Å². The first-order chi connectivity index (χ1) is 7.88. The molecule has 3 heteroatoms. The number of nitrogens with two attached hydrogens (primary N) is 1. The summed E-state index contributed by atoms with van der Waals surface area (Å²) in [5, 5.41) is 0. The fraction of sp³-hybridized carbons (Fsp3) is 0.538. The lowest BCUT2D eigenvalue weighted by atomic mass is 10.3. The third-order valence-electron chi connectivity index (χ3n) is 2.74. The summed E-state index contributed by atoms with van der Waals surface area (Å²) in [6, 6.07) is 4.14. The van der Waals surface area contributed by atoms with Crippen LogP contribution in [0.3, 0.4) is 0 Å². The molecular formula is C13H17NOS. The molecule has 2 N–H and O–H groups in total. The van der Waals surface area contributed by atoms with Crippen LogP contribution in [0.25, 0.3) is 0 Å². The van der Waals surface area contributed by atoms with Gasteiger partial charge in [-0.3, -0.25) is 0 Å². The van der Waals surface area contributed by atoms with Crippen LogP contribution in [0, 0.1) is 11.8 Å². The Morgan fingerprint density at radius 3 is 2.94 bits per heavy atom. The lowest BCUT2D eigenvalue weighted by Gasteiger charge is -2.09. The smallest absolute Gasteiger partial charge is 0.0813 e. The van der Waals surface area contributed by atoms with Crippen molar-refractivity contribution in [2.75, 3.05) is 6.54 Å². The predicted molar refractivity (Wildman–Crippen MR) is 67.3 cm³/mol. The average Bonchev–Trinajstić information content (AvgIpc) is 2.95. The molecule has 0 amide bonds. The highest BCUT2D eigenvalue weighted by atomic mass is 32.1. The first-order valence-electron chi connectivity index (χ1n) is 5.78. The van der Waals surface area contributed by atoms with Crippen molar-refractivity contribution < 1.29 is 4.74 Å². The molecule has 86 valence electrons. The fourth-order valence-electron chi connectivity index (χ4n) is 1.92. The Bertz CT molecular complexity index is 382. The molecule has 2 rings (SSSR count). The minimum Gasteiger partial charge on any atom is -0.373 e. The summed E-state index contributed by atoms with van der Waals surface area (Å²) in [6.07, 6.45) is 5.59. The molecule has 0 radical (unpaired) electrons.